The number of rotatable bonds is 5. The average molecular weight is 506 g/mol. The van der Waals surface area contributed by atoms with Gasteiger partial charge in [-0.2, -0.15) is 0 Å². The molecule has 7 heteroatoms. The Bertz CT molecular complexity index is 517. The van der Waals surface area contributed by atoms with Crippen LogP contribution in [-0.4, -0.2) is 59.7 Å². The molecule has 3 aliphatic rings. The number of carbonyl (C=O) groups is 1. The molecule has 162 valence electrons. The van der Waals surface area contributed by atoms with Gasteiger partial charge in [-0.1, -0.05) is 38.5 Å². The fourth-order valence-electron chi connectivity index (χ4n) is 4.79. The Morgan fingerprint density at radius 3 is 2.46 bits per heavy atom. The number of amides is 1. The maximum absolute atomic E-state index is 12.8. The largest absolute Gasteiger partial charge is 0.388 e. The summed E-state index contributed by atoms with van der Waals surface area (Å²) in [4.78, 5) is 19.5. The van der Waals surface area contributed by atoms with Crippen molar-refractivity contribution in [2.75, 3.05) is 26.2 Å². The molecule has 3 rings (SSSR count). The fourth-order valence-corrected chi connectivity index (χ4v) is 4.79. The van der Waals surface area contributed by atoms with Crippen LogP contribution in [-0.2, 0) is 4.79 Å². The van der Waals surface area contributed by atoms with E-state index in [1.165, 1.54) is 25.7 Å². The lowest BCUT2D eigenvalue weighted by molar-refractivity contribution is -0.135. The molecule has 0 spiro atoms. The Hall–Kier alpha value is -0.570. The van der Waals surface area contributed by atoms with Crippen LogP contribution in [0.15, 0.2) is 4.99 Å². The molecule has 0 bridgehead atoms. The van der Waals surface area contributed by atoms with Crippen LogP contribution >= 0.6 is 24.0 Å². The Morgan fingerprint density at radius 1 is 1.11 bits per heavy atom. The Morgan fingerprint density at radius 2 is 1.79 bits per heavy atom. The monoisotopic (exact) mass is 506 g/mol. The number of hydrogen-bond acceptors (Lipinski definition) is 3. The SMILES string of the molecule is CCNC(=NCC1(O)CCCCC1)NC1CCN(C(=O)C2CCCCC2)C1.I. The maximum atomic E-state index is 12.8. The number of guanidine groups is 1. The summed E-state index contributed by atoms with van der Waals surface area (Å²) in [6.07, 6.45) is 11.9. The molecule has 6 nitrogen and oxygen atoms in total. The highest BCUT2D eigenvalue weighted by molar-refractivity contribution is 14.0. The van der Waals surface area contributed by atoms with Crippen molar-refractivity contribution >= 4 is 35.8 Å². The zero-order valence-corrected chi connectivity index (χ0v) is 19.7. The first kappa shape index (κ1) is 23.7. The Balaban J connectivity index is 0.00000280. The number of aliphatic hydroxyl groups is 1. The third-order valence-electron chi connectivity index (χ3n) is 6.46. The van der Waals surface area contributed by atoms with Gasteiger partial charge in [-0.25, -0.2) is 0 Å². The highest BCUT2D eigenvalue weighted by Gasteiger charge is 2.32. The topological polar surface area (TPSA) is 77.0 Å². The van der Waals surface area contributed by atoms with Gasteiger partial charge in [-0.05, 0) is 39.0 Å². The molecule has 0 aromatic rings. The lowest BCUT2D eigenvalue weighted by atomic mass is 9.85. The quantitative estimate of drug-likeness (QED) is 0.305. The first-order valence-corrected chi connectivity index (χ1v) is 11.2. The van der Waals surface area contributed by atoms with Crippen molar-refractivity contribution < 1.29 is 9.90 Å². The second kappa shape index (κ2) is 11.6. The lowest BCUT2D eigenvalue weighted by Crippen LogP contribution is -2.46. The standard InChI is InChI=1S/C21H38N4O2.HI/c1-2-22-20(23-16-21(27)12-7-4-8-13-21)24-18-11-14-25(15-18)19(26)17-9-5-3-6-10-17;/h17-18,27H,2-16H2,1H3,(H2,22,23,24);1H. The zero-order valence-electron chi connectivity index (χ0n) is 17.4. The smallest absolute Gasteiger partial charge is 0.225 e. The number of aliphatic imine (C=N–C) groups is 1. The van der Waals surface area contributed by atoms with Crippen molar-refractivity contribution in [3.05, 3.63) is 0 Å². The van der Waals surface area contributed by atoms with Crippen LogP contribution in [0, 0.1) is 5.92 Å². The molecule has 1 amide bonds. The van der Waals surface area contributed by atoms with E-state index in [1.807, 2.05) is 4.90 Å². The van der Waals surface area contributed by atoms with Crippen molar-refractivity contribution in [3.63, 3.8) is 0 Å². The minimum Gasteiger partial charge on any atom is -0.388 e. The van der Waals surface area contributed by atoms with Gasteiger partial charge in [0.25, 0.3) is 0 Å². The second-order valence-electron chi connectivity index (χ2n) is 8.73. The van der Waals surface area contributed by atoms with Gasteiger partial charge in [-0.15, -0.1) is 24.0 Å². The molecule has 28 heavy (non-hydrogen) atoms. The third kappa shape index (κ3) is 6.75. The predicted molar refractivity (Wildman–Crippen MR) is 124 cm³/mol. The van der Waals surface area contributed by atoms with Gasteiger partial charge < -0.3 is 20.6 Å². The van der Waals surface area contributed by atoms with E-state index in [-0.39, 0.29) is 35.9 Å². The van der Waals surface area contributed by atoms with E-state index in [9.17, 15) is 9.90 Å². The highest BCUT2D eigenvalue weighted by Crippen LogP contribution is 2.28. The van der Waals surface area contributed by atoms with E-state index < -0.39 is 5.60 Å². The second-order valence-corrected chi connectivity index (χ2v) is 8.73. The molecule has 1 aliphatic heterocycles. The third-order valence-corrected chi connectivity index (χ3v) is 6.46. The van der Waals surface area contributed by atoms with Crippen LogP contribution < -0.4 is 10.6 Å². The van der Waals surface area contributed by atoms with Gasteiger partial charge in [0.05, 0.1) is 12.1 Å². The maximum Gasteiger partial charge on any atom is 0.225 e. The van der Waals surface area contributed by atoms with Crippen LogP contribution in [0.4, 0.5) is 0 Å². The van der Waals surface area contributed by atoms with Gasteiger partial charge >= 0.3 is 0 Å². The van der Waals surface area contributed by atoms with Crippen molar-refractivity contribution in [2.45, 2.75) is 89.2 Å². The molecule has 1 heterocycles. The first-order valence-electron chi connectivity index (χ1n) is 11.2. The average Bonchev–Trinajstić information content (AvgIpc) is 3.15. The van der Waals surface area contributed by atoms with Crippen LogP contribution in [0.5, 0.6) is 0 Å². The zero-order chi connectivity index (χ0) is 19.1. The summed E-state index contributed by atoms with van der Waals surface area (Å²) in [7, 11) is 0. The van der Waals surface area contributed by atoms with Gasteiger partial charge in [0, 0.05) is 31.6 Å². The molecule has 3 N–H and O–H groups in total. The van der Waals surface area contributed by atoms with Gasteiger partial charge in [0.15, 0.2) is 5.96 Å². The van der Waals surface area contributed by atoms with Crippen LogP contribution in [0.2, 0.25) is 0 Å². The number of nitrogens with zero attached hydrogens (tertiary/aromatic N) is 2. The lowest BCUT2D eigenvalue weighted by Gasteiger charge is -2.31. The summed E-state index contributed by atoms with van der Waals surface area (Å²) < 4.78 is 0. The van der Waals surface area contributed by atoms with E-state index in [0.717, 1.165) is 70.5 Å². The summed E-state index contributed by atoms with van der Waals surface area (Å²) >= 11 is 0. The molecular formula is C21H39IN4O2. The molecule has 1 atom stereocenters. The normalized spacial score (nSPS) is 25.9. The predicted octanol–water partition coefficient (Wildman–Crippen LogP) is 3.04. The van der Waals surface area contributed by atoms with Crippen LogP contribution in [0.25, 0.3) is 0 Å². The van der Waals surface area contributed by atoms with E-state index in [4.69, 9.17) is 0 Å². The summed E-state index contributed by atoms with van der Waals surface area (Å²) in [5, 5.41) is 17.5. The molecule has 0 aromatic carbocycles. The van der Waals surface area contributed by atoms with Crippen LogP contribution in [0.1, 0.15) is 77.6 Å². The summed E-state index contributed by atoms with van der Waals surface area (Å²) in [6.45, 7) is 4.92. The minimum absolute atomic E-state index is 0. The molecular weight excluding hydrogens is 467 g/mol. The highest BCUT2D eigenvalue weighted by atomic mass is 127. The van der Waals surface area contributed by atoms with Crippen molar-refractivity contribution in [3.8, 4) is 0 Å². The number of carbonyl (C=O) groups excluding carboxylic acids is 1. The molecule has 0 aromatic heterocycles. The van der Waals surface area contributed by atoms with Gasteiger partial charge in [0.2, 0.25) is 5.91 Å². The first-order chi connectivity index (χ1) is 13.1. The van der Waals surface area contributed by atoms with E-state index in [2.05, 4.69) is 22.5 Å². The Labute approximate surface area is 187 Å². The van der Waals surface area contributed by atoms with E-state index >= 15 is 0 Å². The number of hydrogen-bond donors (Lipinski definition) is 3. The van der Waals surface area contributed by atoms with Crippen molar-refractivity contribution in [1.29, 1.82) is 0 Å². The molecule has 3 fully saturated rings. The minimum atomic E-state index is -0.640. The van der Waals surface area contributed by atoms with Crippen molar-refractivity contribution in [2.24, 2.45) is 10.9 Å². The fraction of sp³-hybridized carbons (Fsp3) is 0.905. The number of nitrogens with one attached hydrogen (secondary N) is 2. The Kier molecular flexibility index (Phi) is 9.80. The van der Waals surface area contributed by atoms with Gasteiger partial charge in [-0.3, -0.25) is 9.79 Å². The molecule has 2 saturated carbocycles. The summed E-state index contributed by atoms with van der Waals surface area (Å²) in [5.41, 5.74) is -0.640. The summed E-state index contributed by atoms with van der Waals surface area (Å²) in [6, 6.07) is 0.247. The molecule has 0 radical (unpaired) electrons. The summed E-state index contributed by atoms with van der Waals surface area (Å²) in [5.74, 6) is 1.38. The van der Waals surface area contributed by atoms with Crippen LogP contribution in [0.3, 0.4) is 0 Å². The number of halogens is 1. The molecule has 1 unspecified atom stereocenters. The van der Waals surface area contributed by atoms with E-state index in [1.54, 1.807) is 0 Å². The van der Waals surface area contributed by atoms with Gasteiger partial charge in [0.1, 0.15) is 0 Å². The van der Waals surface area contributed by atoms with Crippen molar-refractivity contribution in [1.82, 2.24) is 15.5 Å². The molecule has 1 saturated heterocycles. The molecule has 2 aliphatic carbocycles. The van der Waals surface area contributed by atoms with E-state index in [0.29, 0.717) is 12.5 Å². The number of likely N-dealkylation sites (tertiary alicyclic amines) is 1.